The molecule has 0 fully saturated rings. The van der Waals surface area contributed by atoms with E-state index in [4.69, 9.17) is 9.84 Å². The number of aromatic carboxylic acids is 1. The van der Waals surface area contributed by atoms with E-state index in [0.717, 1.165) is 5.56 Å². The van der Waals surface area contributed by atoms with E-state index in [1.165, 1.54) is 24.0 Å². The van der Waals surface area contributed by atoms with Gasteiger partial charge < -0.3 is 9.84 Å². The molecule has 104 valence electrons. The zero-order chi connectivity index (χ0) is 14.5. The molecule has 0 unspecified atom stereocenters. The average molecular weight is 271 g/mol. The van der Waals surface area contributed by atoms with Gasteiger partial charge in [-0.15, -0.1) is 0 Å². The first-order valence-corrected chi connectivity index (χ1v) is 6.46. The summed E-state index contributed by atoms with van der Waals surface area (Å²) in [6, 6.07) is 9.66. The molecule has 1 aromatic carbocycles. The number of hydrogen-bond donors (Lipinski definition) is 1. The highest BCUT2D eigenvalue weighted by molar-refractivity contribution is 5.87. The first-order chi connectivity index (χ1) is 9.56. The van der Waals surface area contributed by atoms with E-state index in [-0.39, 0.29) is 5.56 Å². The van der Waals surface area contributed by atoms with Crippen LogP contribution in [0.25, 0.3) is 0 Å². The minimum atomic E-state index is -1.01. The maximum absolute atomic E-state index is 10.8. The third kappa shape index (κ3) is 3.57. The molecule has 4 heteroatoms. The van der Waals surface area contributed by atoms with Crippen LogP contribution in [0.4, 0.5) is 0 Å². The molecule has 2 aromatic rings. The molecule has 0 saturated heterocycles. The van der Waals surface area contributed by atoms with Crippen LogP contribution in [-0.4, -0.2) is 16.1 Å². The summed E-state index contributed by atoms with van der Waals surface area (Å²) in [6.45, 7) is 4.69. The summed E-state index contributed by atoms with van der Waals surface area (Å²) in [5.41, 5.74) is 2.44. The van der Waals surface area contributed by atoms with Gasteiger partial charge in [-0.2, -0.15) is 0 Å². The van der Waals surface area contributed by atoms with E-state index >= 15 is 0 Å². The van der Waals surface area contributed by atoms with Gasteiger partial charge in [0.25, 0.3) is 0 Å². The van der Waals surface area contributed by atoms with E-state index in [0.29, 0.717) is 18.3 Å². The molecule has 2 rings (SSSR count). The first-order valence-electron chi connectivity index (χ1n) is 6.46. The van der Waals surface area contributed by atoms with Crippen molar-refractivity contribution >= 4 is 5.97 Å². The predicted molar refractivity (Wildman–Crippen MR) is 76.1 cm³/mol. The lowest BCUT2D eigenvalue weighted by molar-refractivity contribution is 0.0696. The Morgan fingerprint density at radius 3 is 2.55 bits per heavy atom. The molecule has 0 aliphatic carbocycles. The Balaban J connectivity index is 2.01. The van der Waals surface area contributed by atoms with Crippen molar-refractivity contribution in [3.63, 3.8) is 0 Å². The van der Waals surface area contributed by atoms with Gasteiger partial charge >= 0.3 is 5.97 Å². The number of ether oxygens (including phenoxy) is 1. The lowest BCUT2D eigenvalue weighted by Crippen LogP contribution is -2.00. The largest absolute Gasteiger partial charge is 0.487 e. The minimum Gasteiger partial charge on any atom is -0.487 e. The molecule has 0 aliphatic rings. The molecule has 0 saturated carbocycles. The molecule has 1 aromatic heterocycles. The number of pyridine rings is 1. The Hall–Kier alpha value is -2.36. The van der Waals surface area contributed by atoms with Crippen molar-refractivity contribution in [3.05, 3.63) is 59.4 Å². The molecule has 1 heterocycles. The van der Waals surface area contributed by atoms with E-state index in [2.05, 4.69) is 31.0 Å². The zero-order valence-corrected chi connectivity index (χ0v) is 11.5. The van der Waals surface area contributed by atoms with Crippen LogP contribution in [0, 0.1) is 0 Å². The molecule has 0 bridgehead atoms. The predicted octanol–water partition coefficient (Wildman–Crippen LogP) is 3.48. The first kappa shape index (κ1) is 14.1. The fourth-order valence-corrected chi connectivity index (χ4v) is 1.78. The fraction of sp³-hybridized carbons (Fsp3) is 0.250. The van der Waals surface area contributed by atoms with Gasteiger partial charge in [0.15, 0.2) is 0 Å². The Bertz CT molecular complexity index is 591. The van der Waals surface area contributed by atoms with Crippen LogP contribution in [-0.2, 0) is 6.61 Å². The van der Waals surface area contributed by atoms with Gasteiger partial charge in [-0.1, -0.05) is 38.1 Å². The molecule has 1 N–H and O–H groups in total. The second-order valence-corrected chi connectivity index (χ2v) is 4.90. The number of aromatic nitrogens is 1. The van der Waals surface area contributed by atoms with Gasteiger partial charge in [0.2, 0.25) is 0 Å². The summed E-state index contributed by atoms with van der Waals surface area (Å²) in [5, 5.41) is 8.88. The molecule has 0 spiro atoms. The molecule has 0 aliphatic heterocycles. The molecular weight excluding hydrogens is 254 g/mol. The monoisotopic (exact) mass is 271 g/mol. The van der Waals surface area contributed by atoms with Crippen molar-refractivity contribution in [2.75, 3.05) is 0 Å². The van der Waals surface area contributed by atoms with Crippen LogP contribution >= 0.6 is 0 Å². The third-order valence-corrected chi connectivity index (χ3v) is 3.01. The third-order valence-electron chi connectivity index (χ3n) is 3.01. The number of nitrogens with zero attached hydrogens (tertiary/aromatic N) is 1. The van der Waals surface area contributed by atoms with Crippen molar-refractivity contribution < 1.29 is 14.6 Å². The Morgan fingerprint density at radius 2 is 1.95 bits per heavy atom. The summed E-state index contributed by atoms with van der Waals surface area (Å²) in [5.74, 6) is -0.0523. The molecule has 4 nitrogen and oxygen atoms in total. The van der Waals surface area contributed by atoms with E-state index in [9.17, 15) is 4.79 Å². The molecule has 20 heavy (non-hydrogen) atoms. The maximum atomic E-state index is 10.8. The van der Waals surface area contributed by atoms with E-state index in [1.807, 2.05) is 12.1 Å². The van der Waals surface area contributed by atoms with Crippen LogP contribution in [0.5, 0.6) is 5.75 Å². The highest BCUT2D eigenvalue weighted by Gasteiger charge is 2.05. The molecule has 0 atom stereocenters. The highest BCUT2D eigenvalue weighted by Crippen LogP contribution is 2.17. The lowest BCUT2D eigenvalue weighted by Gasteiger charge is -2.09. The van der Waals surface area contributed by atoms with E-state index < -0.39 is 5.97 Å². The Morgan fingerprint density at radius 1 is 1.25 bits per heavy atom. The number of hydrogen-bond acceptors (Lipinski definition) is 3. The fourth-order valence-electron chi connectivity index (χ4n) is 1.78. The Kier molecular flexibility index (Phi) is 4.35. The van der Waals surface area contributed by atoms with Crippen LogP contribution < -0.4 is 4.74 Å². The van der Waals surface area contributed by atoms with Gasteiger partial charge in [-0.25, -0.2) is 4.79 Å². The SMILES string of the molecule is CC(C)c1ccc(COc2cncc(C(=O)O)c2)cc1. The Labute approximate surface area is 118 Å². The molecule has 0 radical (unpaired) electrons. The summed E-state index contributed by atoms with van der Waals surface area (Å²) >= 11 is 0. The van der Waals surface area contributed by atoms with Crippen LogP contribution in [0.1, 0.15) is 41.3 Å². The summed E-state index contributed by atoms with van der Waals surface area (Å²) in [6.07, 6.45) is 2.81. The quantitative estimate of drug-likeness (QED) is 0.904. The smallest absolute Gasteiger partial charge is 0.337 e. The van der Waals surface area contributed by atoms with Crippen molar-refractivity contribution in [1.82, 2.24) is 4.98 Å². The molecular formula is C16H17NO3. The maximum Gasteiger partial charge on any atom is 0.337 e. The topological polar surface area (TPSA) is 59.4 Å². The van der Waals surface area contributed by atoms with Gasteiger partial charge in [-0.3, -0.25) is 4.98 Å². The van der Waals surface area contributed by atoms with Crippen molar-refractivity contribution in [2.45, 2.75) is 26.4 Å². The number of carbonyl (C=O) groups is 1. The van der Waals surface area contributed by atoms with Gasteiger partial charge in [0.05, 0.1) is 11.8 Å². The van der Waals surface area contributed by atoms with Crippen molar-refractivity contribution in [3.8, 4) is 5.75 Å². The highest BCUT2D eigenvalue weighted by atomic mass is 16.5. The van der Waals surface area contributed by atoms with Gasteiger partial charge in [-0.05, 0) is 23.1 Å². The molecule has 0 amide bonds. The number of benzene rings is 1. The standard InChI is InChI=1S/C16H17NO3/c1-11(2)13-5-3-12(4-6-13)10-20-15-7-14(16(18)19)8-17-9-15/h3-9,11H,10H2,1-2H3,(H,18,19). The second kappa shape index (κ2) is 6.19. The summed E-state index contributed by atoms with van der Waals surface area (Å²) in [7, 11) is 0. The summed E-state index contributed by atoms with van der Waals surface area (Å²) in [4.78, 5) is 14.7. The van der Waals surface area contributed by atoms with Crippen molar-refractivity contribution in [1.29, 1.82) is 0 Å². The van der Waals surface area contributed by atoms with Crippen molar-refractivity contribution in [2.24, 2.45) is 0 Å². The zero-order valence-electron chi connectivity index (χ0n) is 11.5. The van der Waals surface area contributed by atoms with Crippen LogP contribution in [0.3, 0.4) is 0 Å². The lowest BCUT2D eigenvalue weighted by atomic mass is 10.0. The second-order valence-electron chi connectivity index (χ2n) is 4.90. The van der Waals surface area contributed by atoms with Gasteiger partial charge in [0.1, 0.15) is 12.4 Å². The van der Waals surface area contributed by atoms with E-state index in [1.54, 1.807) is 0 Å². The van der Waals surface area contributed by atoms with Crippen LogP contribution in [0.2, 0.25) is 0 Å². The van der Waals surface area contributed by atoms with Gasteiger partial charge in [0, 0.05) is 6.20 Å². The number of carboxylic acids is 1. The van der Waals surface area contributed by atoms with Crippen LogP contribution in [0.15, 0.2) is 42.7 Å². The normalized spacial score (nSPS) is 10.6. The summed E-state index contributed by atoms with van der Waals surface area (Å²) < 4.78 is 5.56. The average Bonchev–Trinajstić information content (AvgIpc) is 2.46. The number of rotatable bonds is 5. The number of carboxylic acid groups (broad SMARTS) is 1. The minimum absolute atomic E-state index is 0.123.